The van der Waals surface area contributed by atoms with Crippen LogP contribution in [-0.2, 0) is 10.0 Å². The molecule has 0 aliphatic heterocycles. The molecule has 6 nitrogen and oxygen atoms in total. The van der Waals surface area contributed by atoms with E-state index in [1.54, 1.807) is 12.1 Å². The van der Waals surface area contributed by atoms with Crippen LogP contribution < -0.4 is 5.14 Å². The van der Waals surface area contributed by atoms with Crippen molar-refractivity contribution in [2.24, 2.45) is 5.14 Å². The van der Waals surface area contributed by atoms with Crippen LogP contribution >= 0.6 is 0 Å². The number of benzene rings is 2. The second-order valence-corrected chi connectivity index (χ2v) is 4.96. The maximum atomic E-state index is 11.4. The Labute approximate surface area is 96.9 Å². The topological polar surface area (TPSA) is 103 Å². The Morgan fingerprint density at radius 3 is 2.24 bits per heavy atom. The smallest absolute Gasteiger partial charge is 0.258 e. The Hall–Kier alpha value is -1.99. The number of non-ortho nitro benzene ring substituents is 1. The van der Waals surface area contributed by atoms with Crippen LogP contribution in [0.3, 0.4) is 0 Å². The van der Waals surface area contributed by atoms with Crippen LogP contribution in [0.1, 0.15) is 0 Å². The summed E-state index contributed by atoms with van der Waals surface area (Å²) in [4.78, 5) is 10.0. The van der Waals surface area contributed by atoms with E-state index < -0.39 is 14.9 Å². The first-order valence-corrected chi connectivity index (χ1v) is 6.15. The van der Waals surface area contributed by atoms with Gasteiger partial charge in [-0.25, -0.2) is 13.6 Å². The fourth-order valence-corrected chi connectivity index (χ4v) is 2.45. The number of nitro benzene ring substituents is 1. The molecule has 0 aromatic heterocycles. The monoisotopic (exact) mass is 252 g/mol. The Kier molecular flexibility index (Phi) is 2.56. The third-order valence-corrected chi connectivity index (χ3v) is 3.30. The summed E-state index contributed by atoms with van der Waals surface area (Å²) in [5, 5.41) is 16.4. The van der Waals surface area contributed by atoms with Crippen LogP contribution in [0.2, 0.25) is 0 Å². The molecule has 2 N–H and O–H groups in total. The summed E-state index contributed by atoms with van der Waals surface area (Å²) in [5.74, 6) is 0. The van der Waals surface area contributed by atoms with E-state index in [0.29, 0.717) is 5.39 Å². The minimum Gasteiger partial charge on any atom is -0.258 e. The number of nitrogens with two attached hydrogens (primary N) is 1. The Morgan fingerprint density at radius 1 is 1.12 bits per heavy atom. The number of hydrogen-bond acceptors (Lipinski definition) is 4. The fraction of sp³-hybridized carbons (Fsp3) is 0. The van der Waals surface area contributed by atoms with Gasteiger partial charge in [0.1, 0.15) is 0 Å². The molecule has 2 aromatic carbocycles. The third kappa shape index (κ3) is 1.97. The second kappa shape index (κ2) is 3.79. The normalized spacial score (nSPS) is 11.6. The fourth-order valence-electron chi connectivity index (χ4n) is 1.68. The Morgan fingerprint density at radius 2 is 1.71 bits per heavy atom. The lowest BCUT2D eigenvalue weighted by Crippen LogP contribution is -2.13. The predicted molar refractivity (Wildman–Crippen MR) is 62.0 cm³/mol. The quantitative estimate of drug-likeness (QED) is 0.644. The SMILES string of the molecule is NS(=O)(=O)c1cccc2cccc([N+](=O)[O-])c12. The summed E-state index contributed by atoms with van der Waals surface area (Å²) in [6.45, 7) is 0. The zero-order chi connectivity index (χ0) is 12.6. The van der Waals surface area contributed by atoms with E-state index in [4.69, 9.17) is 5.14 Å². The van der Waals surface area contributed by atoms with Crippen molar-refractivity contribution in [1.29, 1.82) is 0 Å². The highest BCUT2D eigenvalue weighted by Gasteiger charge is 2.20. The first-order chi connectivity index (χ1) is 7.91. The van der Waals surface area contributed by atoms with Gasteiger partial charge >= 0.3 is 0 Å². The van der Waals surface area contributed by atoms with E-state index in [1.807, 2.05) is 0 Å². The van der Waals surface area contributed by atoms with Gasteiger partial charge in [0.05, 0.1) is 15.2 Å². The molecule has 0 atom stereocenters. The predicted octanol–water partition coefficient (Wildman–Crippen LogP) is 1.40. The average Bonchev–Trinajstić information content (AvgIpc) is 2.26. The van der Waals surface area contributed by atoms with Crippen LogP contribution in [0.4, 0.5) is 5.69 Å². The number of nitrogens with zero attached hydrogens (tertiary/aromatic N) is 1. The van der Waals surface area contributed by atoms with Gasteiger partial charge < -0.3 is 0 Å². The van der Waals surface area contributed by atoms with Crippen molar-refractivity contribution in [2.75, 3.05) is 0 Å². The van der Waals surface area contributed by atoms with Gasteiger partial charge in [-0.05, 0) is 11.5 Å². The summed E-state index contributed by atoms with van der Waals surface area (Å²) < 4.78 is 22.8. The molecule has 0 amide bonds. The zero-order valence-electron chi connectivity index (χ0n) is 8.53. The maximum absolute atomic E-state index is 11.4. The lowest BCUT2D eigenvalue weighted by atomic mass is 10.1. The van der Waals surface area contributed by atoms with Gasteiger partial charge in [0.25, 0.3) is 5.69 Å². The molecule has 0 saturated heterocycles. The molecule has 2 aromatic rings. The molecule has 0 unspecified atom stereocenters. The average molecular weight is 252 g/mol. The van der Waals surface area contributed by atoms with Gasteiger partial charge in [0.15, 0.2) is 0 Å². The van der Waals surface area contributed by atoms with Gasteiger partial charge in [-0.3, -0.25) is 10.1 Å². The number of primary sulfonamides is 1. The molecule has 0 saturated carbocycles. The van der Waals surface area contributed by atoms with Gasteiger partial charge in [-0.2, -0.15) is 0 Å². The van der Waals surface area contributed by atoms with E-state index in [2.05, 4.69) is 0 Å². The van der Waals surface area contributed by atoms with Crippen LogP contribution in [0.25, 0.3) is 10.8 Å². The molecular weight excluding hydrogens is 244 g/mol. The minimum atomic E-state index is -3.99. The van der Waals surface area contributed by atoms with Gasteiger partial charge in [-0.15, -0.1) is 0 Å². The van der Waals surface area contributed by atoms with Crippen molar-refractivity contribution in [3.63, 3.8) is 0 Å². The summed E-state index contributed by atoms with van der Waals surface area (Å²) in [6.07, 6.45) is 0. The van der Waals surface area contributed by atoms with Crippen molar-refractivity contribution in [3.05, 3.63) is 46.5 Å². The number of rotatable bonds is 2. The van der Waals surface area contributed by atoms with Crippen LogP contribution in [0.5, 0.6) is 0 Å². The number of hydrogen-bond donors (Lipinski definition) is 1. The van der Waals surface area contributed by atoms with Crippen molar-refractivity contribution in [2.45, 2.75) is 4.90 Å². The van der Waals surface area contributed by atoms with E-state index in [-0.39, 0.29) is 16.0 Å². The van der Waals surface area contributed by atoms with Crippen molar-refractivity contribution in [3.8, 4) is 0 Å². The van der Waals surface area contributed by atoms with Crippen molar-refractivity contribution < 1.29 is 13.3 Å². The Balaban J connectivity index is 3.01. The number of fused-ring (bicyclic) bond motifs is 1. The molecule has 0 heterocycles. The lowest BCUT2D eigenvalue weighted by molar-refractivity contribution is -0.383. The molecule has 2 rings (SSSR count). The summed E-state index contributed by atoms with van der Waals surface area (Å²) in [7, 11) is -3.99. The summed E-state index contributed by atoms with van der Waals surface area (Å²) >= 11 is 0. The largest absolute Gasteiger partial charge is 0.278 e. The first-order valence-electron chi connectivity index (χ1n) is 4.60. The van der Waals surface area contributed by atoms with E-state index in [9.17, 15) is 18.5 Å². The molecule has 0 radical (unpaired) electrons. The van der Waals surface area contributed by atoms with Gasteiger partial charge in [0.2, 0.25) is 10.0 Å². The van der Waals surface area contributed by atoms with Gasteiger partial charge in [-0.1, -0.05) is 24.3 Å². The van der Waals surface area contributed by atoms with Crippen LogP contribution in [-0.4, -0.2) is 13.3 Å². The molecule has 0 spiro atoms. The van der Waals surface area contributed by atoms with Crippen LogP contribution in [0.15, 0.2) is 41.3 Å². The molecule has 0 aliphatic carbocycles. The van der Waals surface area contributed by atoms with Crippen molar-refractivity contribution >= 4 is 26.5 Å². The highest BCUT2D eigenvalue weighted by Crippen LogP contribution is 2.30. The first kappa shape index (κ1) is 11.5. The summed E-state index contributed by atoms with van der Waals surface area (Å²) in [6, 6.07) is 8.68. The molecular formula is C10H8N2O4S. The third-order valence-electron chi connectivity index (χ3n) is 2.35. The van der Waals surface area contributed by atoms with Gasteiger partial charge in [0, 0.05) is 6.07 Å². The molecule has 0 bridgehead atoms. The van der Waals surface area contributed by atoms with E-state index in [1.165, 1.54) is 24.3 Å². The van der Waals surface area contributed by atoms with E-state index in [0.717, 1.165) is 0 Å². The van der Waals surface area contributed by atoms with E-state index >= 15 is 0 Å². The molecule has 0 aliphatic rings. The molecule has 0 fully saturated rings. The lowest BCUT2D eigenvalue weighted by Gasteiger charge is -2.04. The van der Waals surface area contributed by atoms with Crippen molar-refractivity contribution in [1.82, 2.24) is 0 Å². The summed E-state index contributed by atoms with van der Waals surface area (Å²) in [5.41, 5.74) is -0.271. The molecule has 88 valence electrons. The zero-order valence-corrected chi connectivity index (χ0v) is 9.35. The maximum Gasteiger partial charge on any atom is 0.278 e. The highest BCUT2D eigenvalue weighted by molar-refractivity contribution is 7.89. The highest BCUT2D eigenvalue weighted by atomic mass is 32.2. The van der Waals surface area contributed by atoms with Crippen LogP contribution in [0, 0.1) is 10.1 Å². The second-order valence-electron chi connectivity index (χ2n) is 3.43. The molecule has 17 heavy (non-hydrogen) atoms. The minimum absolute atomic E-state index is 0.0440. The Bertz CT molecular complexity index is 704. The molecule has 7 heteroatoms. The number of nitro groups is 1. The number of sulfonamides is 1. The standard InChI is InChI=1S/C10H8N2O4S/c11-17(15,16)9-6-2-4-7-3-1-5-8(10(7)9)12(13)14/h1-6H,(H2,11,15,16).